The summed E-state index contributed by atoms with van der Waals surface area (Å²) in [5.41, 5.74) is 1.99. The van der Waals surface area contributed by atoms with E-state index in [4.69, 9.17) is 4.74 Å². The van der Waals surface area contributed by atoms with Crippen LogP contribution < -0.4 is 5.32 Å². The Morgan fingerprint density at radius 1 is 1.20 bits per heavy atom. The highest BCUT2D eigenvalue weighted by Crippen LogP contribution is 2.31. The van der Waals surface area contributed by atoms with E-state index in [0.29, 0.717) is 16.8 Å². The second-order valence-corrected chi connectivity index (χ2v) is 6.04. The fourth-order valence-corrected chi connectivity index (χ4v) is 2.74. The lowest BCUT2D eigenvalue weighted by Gasteiger charge is -2.08. The smallest absolute Gasteiger partial charge is 0.340 e. The molecule has 1 aliphatic carbocycles. The number of rotatable bonds is 6. The van der Waals surface area contributed by atoms with Crippen molar-refractivity contribution in [3.8, 4) is 11.1 Å². The molecule has 0 spiro atoms. The molecule has 1 aromatic carbocycles. The van der Waals surface area contributed by atoms with Gasteiger partial charge in [0, 0.05) is 17.3 Å². The van der Waals surface area contributed by atoms with Crippen molar-refractivity contribution in [1.29, 1.82) is 0 Å². The van der Waals surface area contributed by atoms with E-state index < -0.39 is 17.7 Å². The Bertz CT molecular complexity index is 819. The number of Topliss-reactive ketones (excluding diaryl/α,β-unsaturated/α-hetero) is 1. The zero-order valence-electron chi connectivity index (χ0n) is 14.2. The number of ether oxygens (including phenoxy) is 1. The molecule has 1 saturated carbocycles. The Morgan fingerprint density at radius 2 is 1.88 bits per heavy atom. The van der Waals surface area contributed by atoms with Crippen molar-refractivity contribution in [3.05, 3.63) is 47.3 Å². The second kappa shape index (κ2) is 6.93. The minimum Gasteiger partial charge on any atom is -0.462 e. The summed E-state index contributed by atoms with van der Waals surface area (Å²) in [6.07, 6.45) is 1.78. The molecule has 6 heteroatoms. The molecule has 1 fully saturated rings. The third kappa shape index (κ3) is 3.47. The SMILES string of the molecule is CCOC(=O)c1c(C)[nH]c(C(=O)C(=O)NC2CC2)c1-c1ccccc1. The average molecular weight is 340 g/mol. The number of benzene rings is 1. The molecule has 0 saturated heterocycles. The lowest BCUT2D eigenvalue weighted by molar-refractivity contribution is -0.117. The summed E-state index contributed by atoms with van der Waals surface area (Å²) >= 11 is 0. The molecule has 1 aliphatic rings. The van der Waals surface area contributed by atoms with Gasteiger partial charge in [0.15, 0.2) is 0 Å². The Labute approximate surface area is 145 Å². The van der Waals surface area contributed by atoms with Crippen molar-refractivity contribution in [1.82, 2.24) is 10.3 Å². The van der Waals surface area contributed by atoms with Gasteiger partial charge in [-0.2, -0.15) is 0 Å². The summed E-state index contributed by atoms with van der Waals surface area (Å²) in [5, 5.41) is 2.69. The van der Waals surface area contributed by atoms with Gasteiger partial charge in [-0.25, -0.2) is 4.79 Å². The average Bonchev–Trinajstić information content (AvgIpc) is 3.35. The maximum atomic E-state index is 12.7. The number of carbonyl (C=O) groups excluding carboxylic acids is 3. The first-order valence-corrected chi connectivity index (χ1v) is 8.33. The van der Waals surface area contributed by atoms with Crippen LogP contribution in [0.3, 0.4) is 0 Å². The number of amides is 1. The van der Waals surface area contributed by atoms with Crippen molar-refractivity contribution < 1.29 is 19.1 Å². The molecule has 1 heterocycles. The molecule has 0 unspecified atom stereocenters. The Kier molecular flexibility index (Phi) is 4.70. The van der Waals surface area contributed by atoms with Gasteiger partial charge < -0.3 is 15.0 Å². The predicted molar refractivity (Wildman–Crippen MR) is 92.4 cm³/mol. The van der Waals surface area contributed by atoms with E-state index in [1.54, 1.807) is 26.0 Å². The van der Waals surface area contributed by atoms with E-state index in [-0.39, 0.29) is 23.9 Å². The molecule has 0 aliphatic heterocycles. The van der Waals surface area contributed by atoms with Crippen molar-refractivity contribution in [2.24, 2.45) is 0 Å². The molecule has 1 amide bonds. The maximum absolute atomic E-state index is 12.7. The molecule has 3 rings (SSSR count). The first kappa shape index (κ1) is 17.0. The van der Waals surface area contributed by atoms with Gasteiger partial charge in [-0.05, 0) is 32.3 Å². The fourth-order valence-electron chi connectivity index (χ4n) is 2.74. The number of aromatic amines is 1. The molecule has 1 aromatic heterocycles. The zero-order chi connectivity index (χ0) is 18.0. The van der Waals surface area contributed by atoms with Gasteiger partial charge in [0.05, 0.1) is 12.2 Å². The molecular formula is C19H20N2O4. The molecule has 25 heavy (non-hydrogen) atoms. The Hall–Kier alpha value is -2.89. The van der Waals surface area contributed by atoms with E-state index in [1.165, 1.54) is 0 Å². The Balaban J connectivity index is 2.08. The first-order valence-electron chi connectivity index (χ1n) is 8.33. The van der Waals surface area contributed by atoms with Crippen molar-refractivity contribution in [2.75, 3.05) is 6.61 Å². The van der Waals surface area contributed by atoms with Gasteiger partial charge in [-0.1, -0.05) is 30.3 Å². The standard InChI is InChI=1S/C19H20N2O4/c1-3-25-19(24)14-11(2)20-16(15(14)12-7-5-4-6-8-12)17(22)18(23)21-13-9-10-13/h4-8,13,20H,3,9-10H2,1-2H3,(H,21,23). The van der Waals surface area contributed by atoms with Crippen LogP contribution in [0.2, 0.25) is 0 Å². The lowest BCUT2D eigenvalue weighted by Crippen LogP contribution is -2.33. The van der Waals surface area contributed by atoms with Crippen molar-refractivity contribution in [2.45, 2.75) is 32.7 Å². The number of nitrogens with one attached hydrogen (secondary N) is 2. The highest BCUT2D eigenvalue weighted by molar-refractivity contribution is 6.44. The van der Waals surface area contributed by atoms with Crippen molar-refractivity contribution >= 4 is 17.7 Å². The predicted octanol–water partition coefficient (Wildman–Crippen LogP) is 2.63. The number of ketones is 1. The highest BCUT2D eigenvalue weighted by atomic mass is 16.5. The summed E-state index contributed by atoms with van der Waals surface area (Å²) < 4.78 is 5.13. The first-order chi connectivity index (χ1) is 12.0. The van der Waals surface area contributed by atoms with Crippen LogP contribution in [0.5, 0.6) is 0 Å². The quantitative estimate of drug-likeness (QED) is 0.481. The molecule has 0 atom stereocenters. The monoisotopic (exact) mass is 340 g/mol. The van der Waals surface area contributed by atoms with Crippen LogP contribution in [0.25, 0.3) is 11.1 Å². The third-order valence-corrected chi connectivity index (χ3v) is 4.08. The summed E-state index contributed by atoms with van der Waals surface area (Å²) in [5.74, 6) is -1.85. The van der Waals surface area contributed by atoms with E-state index in [1.807, 2.05) is 18.2 Å². The lowest BCUT2D eigenvalue weighted by atomic mass is 9.98. The van der Waals surface area contributed by atoms with Crippen LogP contribution in [0, 0.1) is 6.92 Å². The van der Waals surface area contributed by atoms with Gasteiger partial charge >= 0.3 is 5.97 Å². The summed E-state index contributed by atoms with van der Waals surface area (Å²) in [4.78, 5) is 40.2. The molecule has 0 radical (unpaired) electrons. The second-order valence-electron chi connectivity index (χ2n) is 6.04. The van der Waals surface area contributed by atoms with E-state index >= 15 is 0 Å². The molecule has 130 valence electrons. The zero-order valence-corrected chi connectivity index (χ0v) is 14.2. The minimum atomic E-state index is -0.676. The van der Waals surface area contributed by atoms with Crippen LogP contribution in [0.15, 0.2) is 30.3 Å². The molecule has 0 bridgehead atoms. The topological polar surface area (TPSA) is 88.3 Å². The fraction of sp³-hybridized carbons (Fsp3) is 0.316. The van der Waals surface area contributed by atoms with E-state index in [9.17, 15) is 14.4 Å². The van der Waals surface area contributed by atoms with Gasteiger partial charge in [0.1, 0.15) is 5.69 Å². The largest absolute Gasteiger partial charge is 0.462 e. The van der Waals surface area contributed by atoms with Gasteiger partial charge in [-0.15, -0.1) is 0 Å². The normalized spacial score (nSPS) is 13.4. The number of carbonyl (C=O) groups is 3. The van der Waals surface area contributed by atoms with Gasteiger partial charge in [0.2, 0.25) is 0 Å². The highest BCUT2D eigenvalue weighted by Gasteiger charge is 2.32. The number of esters is 1. The van der Waals surface area contributed by atoms with E-state index in [0.717, 1.165) is 12.8 Å². The number of H-pyrrole nitrogens is 1. The van der Waals surface area contributed by atoms with Gasteiger partial charge in [0.25, 0.3) is 11.7 Å². The minimum absolute atomic E-state index is 0.0808. The van der Waals surface area contributed by atoms with E-state index in [2.05, 4.69) is 10.3 Å². The number of hydrogen-bond donors (Lipinski definition) is 2. The molecule has 2 N–H and O–H groups in total. The number of aromatic nitrogens is 1. The summed E-state index contributed by atoms with van der Waals surface area (Å²) in [6.45, 7) is 3.63. The third-order valence-electron chi connectivity index (χ3n) is 4.08. The van der Waals surface area contributed by atoms with Crippen LogP contribution in [-0.4, -0.2) is 35.3 Å². The Morgan fingerprint density at radius 3 is 2.48 bits per heavy atom. The summed E-state index contributed by atoms with van der Waals surface area (Å²) in [7, 11) is 0. The number of aryl methyl sites for hydroxylation is 1. The number of hydrogen-bond acceptors (Lipinski definition) is 4. The van der Waals surface area contributed by atoms with Crippen molar-refractivity contribution in [3.63, 3.8) is 0 Å². The van der Waals surface area contributed by atoms with Crippen LogP contribution in [0.4, 0.5) is 0 Å². The molecule has 2 aromatic rings. The van der Waals surface area contributed by atoms with Crippen LogP contribution in [-0.2, 0) is 9.53 Å². The van der Waals surface area contributed by atoms with Gasteiger partial charge in [-0.3, -0.25) is 9.59 Å². The van der Waals surface area contributed by atoms with Crippen LogP contribution >= 0.6 is 0 Å². The molecule has 6 nitrogen and oxygen atoms in total. The summed E-state index contributed by atoms with van der Waals surface area (Å²) in [6, 6.07) is 9.13. The molecular weight excluding hydrogens is 320 g/mol. The maximum Gasteiger partial charge on any atom is 0.340 e. The van der Waals surface area contributed by atoms with Crippen LogP contribution in [0.1, 0.15) is 46.3 Å².